The fraction of sp³-hybridized carbons (Fsp3) is 0.154. The van der Waals surface area contributed by atoms with Gasteiger partial charge in [-0.1, -0.05) is 18.2 Å². The van der Waals surface area contributed by atoms with Crippen LogP contribution in [0.1, 0.15) is 5.89 Å². The van der Waals surface area contributed by atoms with Gasteiger partial charge in [-0.15, -0.1) is 10.2 Å². The fourth-order valence-electron chi connectivity index (χ4n) is 2.09. The van der Waals surface area contributed by atoms with Crippen molar-refractivity contribution < 1.29 is 14.3 Å². The lowest BCUT2D eigenvalue weighted by molar-refractivity contribution is -0.137. The van der Waals surface area contributed by atoms with E-state index >= 15 is 0 Å². The molecular weight excluding hydrogens is 246 g/mol. The summed E-state index contributed by atoms with van der Waals surface area (Å²) in [4.78, 5) is 11.0. The molecule has 0 aliphatic rings. The van der Waals surface area contributed by atoms with Crippen molar-refractivity contribution in [1.82, 2.24) is 14.8 Å². The molecule has 0 bridgehead atoms. The van der Waals surface area contributed by atoms with E-state index in [2.05, 4.69) is 10.2 Å². The Balaban J connectivity index is 2.25. The average molecular weight is 257 g/mol. The van der Waals surface area contributed by atoms with Gasteiger partial charge in [0.15, 0.2) is 0 Å². The second-order valence-corrected chi connectivity index (χ2v) is 4.19. The third kappa shape index (κ3) is 1.97. The molecule has 3 rings (SSSR count). The minimum absolute atomic E-state index is 0.149. The highest BCUT2D eigenvalue weighted by atomic mass is 16.4. The lowest BCUT2D eigenvalue weighted by atomic mass is 10.2. The molecule has 1 N–H and O–H groups in total. The normalized spacial score (nSPS) is 11.0. The maximum Gasteiger partial charge on any atom is 0.323 e. The van der Waals surface area contributed by atoms with Crippen molar-refractivity contribution >= 4 is 16.9 Å². The van der Waals surface area contributed by atoms with Crippen LogP contribution >= 0.6 is 0 Å². The number of carbonyl (C=O) groups is 1. The number of hydrogen-bond donors (Lipinski definition) is 1. The molecule has 0 aliphatic carbocycles. The molecule has 0 saturated carbocycles. The molecule has 2 aromatic heterocycles. The summed E-state index contributed by atoms with van der Waals surface area (Å²) in [6.45, 7) is 1.55. The number of carboxylic acids is 1. The van der Waals surface area contributed by atoms with Gasteiger partial charge in [0.2, 0.25) is 5.89 Å². The maximum absolute atomic E-state index is 11.0. The van der Waals surface area contributed by atoms with Gasteiger partial charge in [-0.25, -0.2) is 0 Å². The van der Waals surface area contributed by atoms with Gasteiger partial charge < -0.3 is 14.1 Å². The lowest BCUT2D eigenvalue weighted by Gasteiger charge is -2.04. The smallest absolute Gasteiger partial charge is 0.323 e. The van der Waals surface area contributed by atoms with Gasteiger partial charge in [0.1, 0.15) is 12.2 Å². The van der Waals surface area contributed by atoms with E-state index in [-0.39, 0.29) is 6.54 Å². The molecule has 1 aromatic carbocycles. The van der Waals surface area contributed by atoms with Crippen LogP contribution in [0.2, 0.25) is 0 Å². The fourth-order valence-corrected chi connectivity index (χ4v) is 2.09. The lowest BCUT2D eigenvalue weighted by Crippen LogP contribution is -2.09. The van der Waals surface area contributed by atoms with Crippen molar-refractivity contribution in [3.63, 3.8) is 0 Å². The van der Waals surface area contributed by atoms with Crippen LogP contribution in [0, 0.1) is 6.92 Å². The molecule has 0 fully saturated rings. The van der Waals surface area contributed by atoms with Crippen molar-refractivity contribution in [3.8, 4) is 11.6 Å². The van der Waals surface area contributed by atoms with Crippen molar-refractivity contribution in [2.24, 2.45) is 0 Å². The van der Waals surface area contributed by atoms with E-state index in [0.717, 1.165) is 10.9 Å². The van der Waals surface area contributed by atoms with Crippen molar-refractivity contribution in [2.45, 2.75) is 13.5 Å². The molecule has 0 aliphatic heterocycles. The monoisotopic (exact) mass is 257 g/mol. The van der Waals surface area contributed by atoms with Crippen LogP contribution in [0.25, 0.3) is 22.5 Å². The number of aryl methyl sites for hydroxylation is 1. The van der Waals surface area contributed by atoms with Gasteiger partial charge in [0, 0.05) is 17.8 Å². The van der Waals surface area contributed by atoms with Gasteiger partial charge in [0.05, 0.1) is 0 Å². The number of rotatable bonds is 3. The van der Waals surface area contributed by atoms with Crippen molar-refractivity contribution in [3.05, 3.63) is 36.2 Å². The Morgan fingerprint density at radius 1 is 1.37 bits per heavy atom. The molecule has 96 valence electrons. The highest BCUT2D eigenvalue weighted by Gasteiger charge is 2.16. The van der Waals surface area contributed by atoms with Crippen LogP contribution in [-0.4, -0.2) is 25.8 Å². The van der Waals surface area contributed by atoms with Gasteiger partial charge in [-0.05, 0) is 12.1 Å². The second-order valence-electron chi connectivity index (χ2n) is 4.19. The van der Waals surface area contributed by atoms with Crippen LogP contribution in [0.3, 0.4) is 0 Å². The van der Waals surface area contributed by atoms with E-state index in [1.165, 1.54) is 0 Å². The number of hydrogen-bond acceptors (Lipinski definition) is 4. The molecule has 0 saturated heterocycles. The first kappa shape index (κ1) is 11.5. The van der Waals surface area contributed by atoms with Gasteiger partial charge in [0.25, 0.3) is 5.89 Å². The third-order valence-electron chi connectivity index (χ3n) is 2.85. The number of fused-ring (bicyclic) bond motifs is 1. The van der Waals surface area contributed by atoms with Crippen molar-refractivity contribution in [2.75, 3.05) is 0 Å². The van der Waals surface area contributed by atoms with E-state index < -0.39 is 5.97 Å². The maximum atomic E-state index is 11.0. The summed E-state index contributed by atoms with van der Waals surface area (Å²) < 4.78 is 7.04. The van der Waals surface area contributed by atoms with E-state index in [0.29, 0.717) is 17.5 Å². The Labute approximate surface area is 108 Å². The molecule has 19 heavy (non-hydrogen) atoms. The largest absolute Gasteiger partial charge is 0.480 e. The highest BCUT2D eigenvalue weighted by molar-refractivity contribution is 5.87. The molecule has 6 heteroatoms. The van der Waals surface area contributed by atoms with Crippen LogP contribution < -0.4 is 0 Å². The number of para-hydroxylation sites is 1. The Morgan fingerprint density at radius 2 is 2.16 bits per heavy atom. The molecule has 0 spiro atoms. The standard InChI is InChI=1S/C13H11N3O3/c1-8-14-15-13(19-8)11-6-9-4-2-3-5-10(9)16(11)7-12(17)18/h2-6H,7H2,1H3,(H,17,18). The van der Waals surface area contributed by atoms with E-state index in [1.807, 2.05) is 30.3 Å². The second kappa shape index (κ2) is 4.24. The number of carboxylic acid groups (broad SMARTS) is 1. The zero-order valence-electron chi connectivity index (χ0n) is 10.2. The molecule has 0 radical (unpaired) electrons. The molecule has 0 amide bonds. The average Bonchev–Trinajstić information content (AvgIpc) is 2.94. The predicted molar refractivity (Wildman–Crippen MR) is 67.6 cm³/mol. The minimum Gasteiger partial charge on any atom is -0.480 e. The Hall–Kier alpha value is -2.63. The first-order valence-electron chi connectivity index (χ1n) is 5.75. The number of aliphatic carboxylic acids is 1. The molecule has 0 unspecified atom stereocenters. The van der Waals surface area contributed by atoms with Crippen LogP contribution in [0.5, 0.6) is 0 Å². The molecule has 0 atom stereocenters. The van der Waals surface area contributed by atoms with Gasteiger partial charge in [-0.3, -0.25) is 4.79 Å². The Morgan fingerprint density at radius 3 is 2.84 bits per heavy atom. The first-order valence-corrected chi connectivity index (χ1v) is 5.75. The number of nitrogens with zero attached hydrogens (tertiary/aromatic N) is 3. The zero-order valence-corrected chi connectivity index (χ0v) is 10.2. The van der Waals surface area contributed by atoms with Crippen molar-refractivity contribution in [1.29, 1.82) is 0 Å². The summed E-state index contributed by atoms with van der Waals surface area (Å²) in [5.41, 5.74) is 1.44. The van der Waals surface area contributed by atoms with Crippen LogP contribution in [0.4, 0.5) is 0 Å². The Kier molecular flexibility index (Phi) is 2.56. The predicted octanol–water partition coefficient (Wildman–Crippen LogP) is 2.08. The van der Waals surface area contributed by atoms with Gasteiger partial charge >= 0.3 is 5.97 Å². The first-order chi connectivity index (χ1) is 9.15. The number of aromatic nitrogens is 3. The summed E-state index contributed by atoms with van der Waals surface area (Å²) in [5, 5.41) is 17.7. The molecule has 2 heterocycles. The summed E-state index contributed by atoms with van der Waals surface area (Å²) >= 11 is 0. The summed E-state index contributed by atoms with van der Waals surface area (Å²) in [6, 6.07) is 9.40. The van der Waals surface area contributed by atoms with Crippen LogP contribution in [0.15, 0.2) is 34.7 Å². The highest BCUT2D eigenvalue weighted by Crippen LogP contribution is 2.27. The molecule has 3 aromatic rings. The quantitative estimate of drug-likeness (QED) is 0.776. The summed E-state index contributed by atoms with van der Waals surface area (Å²) in [5.74, 6) is -0.143. The van der Waals surface area contributed by atoms with Gasteiger partial charge in [-0.2, -0.15) is 0 Å². The summed E-state index contributed by atoms with van der Waals surface area (Å²) in [6.07, 6.45) is 0. The topological polar surface area (TPSA) is 81.2 Å². The Bertz CT molecular complexity index is 757. The summed E-state index contributed by atoms with van der Waals surface area (Å²) in [7, 11) is 0. The zero-order chi connectivity index (χ0) is 13.4. The molecular formula is C13H11N3O3. The van der Waals surface area contributed by atoms with E-state index in [9.17, 15) is 4.79 Å². The molecule has 6 nitrogen and oxygen atoms in total. The minimum atomic E-state index is -0.918. The third-order valence-corrected chi connectivity index (χ3v) is 2.85. The van der Waals surface area contributed by atoms with Crippen LogP contribution in [-0.2, 0) is 11.3 Å². The SMILES string of the molecule is Cc1nnc(-c2cc3ccccc3n2CC(=O)O)o1. The van der Waals surface area contributed by atoms with E-state index in [1.54, 1.807) is 11.5 Å². The van der Waals surface area contributed by atoms with E-state index in [4.69, 9.17) is 9.52 Å². The number of benzene rings is 1.